The van der Waals surface area contributed by atoms with Crippen molar-refractivity contribution in [1.82, 2.24) is 31.2 Å². The molecule has 5 aromatic rings. The van der Waals surface area contributed by atoms with Gasteiger partial charge < -0.3 is 26.3 Å². The van der Waals surface area contributed by atoms with Crippen molar-refractivity contribution in [3.8, 4) is 0 Å². The van der Waals surface area contributed by atoms with Crippen molar-refractivity contribution in [2.75, 3.05) is 0 Å². The number of para-hydroxylation sites is 1. The summed E-state index contributed by atoms with van der Waals surface area (Å²) in [7, 11) is 0. The Hall–Kier alpha value is -5.79. The molecule has 2 heterocycles. The van der Waals surface area contributed by atoms with Crippen molar-refractivity contribution < 1.29 is 36.7 Å². The first-order chi connectivity index (χ1) is 27.6. The van der Waals surface area contributed by atoms with Crippen LogP contribution in [0.15, 0.2) is 79.0 Å². The monoisotopic (exact) mass is 800 g/mol. The number of aryl methyl sites for hydroxylation is 1. The molecule has 10 nitrogen and oxygen atoms in total. The Morgan fingerprint density at radius 1 is 0.879 bits per heavy atom. The fourth-order valence-corrected chi connectivity index (χ4v) is 7.62. The summed E-state index contributed by atoms with van der Waals surface area (Å²) in [4.78, 5) is 63.7. The maximum Gasteiger partial charge on any atom is 0.418 e. The van der Waals surface area contributed by atoms with E-state index in [0.717, 1.165) is 22.5 Å². The Morgan fingerprint density at radius 3 is 2.31 bits per heavy atom. The van der Waals surface area contributed by atoms with Gasteiger partial charge in [-0.2, -0.15) is 13.2 Å². The first kappa shape index (κ1) is 41.8. The fraction of sp³-hybridized carbons (Fsp3) is 0.386. The van der Waals surface area contributed by atoms with Crippen LogP contribution in [0.3, 0.4) is 0 Å². The van der Waals surface area contributed by atoms with Gasteiger partial charge in [0.2, 0.25) is 23.6 Å². The number of pyridine rings is 1. The van der Waals surface area contributed by atoms with E-state index in [1.807, 2.05) is 51.1 Å². The lowest BCUT2D eigenvalue weighted by molar-refractivity contribution is -0.139. The van der Waals surface area contributed by atoms with Gasteiger partial charge in [0.25, 0.3) is 0 Å². The number of carbonyl (C=O) groups is 4. The lowest BCUT2D eigenvalue weighted by atomic mass is 9.78. The van der Waals surface area contributed by atoms with E-state index in [-0.39, 0.29) is 54.6 Å². The number of hydrogen-bond acceptors (Lipinski definition) is 5. The van der Waals surface area contributed by atoms with Gasteiger partial charge in [-0.15, -0.1) is 0 Å². The van der Waals surface area contributed by atoms with E-state index in [4.69, 9.17) is 0 Å². The number of hydrogen-bond donors (Lipinski definition) is 5. The minimum Gasteiger partial charge on any atom is -0.358 e. The molecule has 6 rings (SSSR count). The fourth-order valence-electron chi connectivity index (χ4n) is 7.62. The number of nitrogens with zero attached hydrogens (tertiary/aromatic N) is 1. The first-order valence-corrected chi connectivity index (χ1v) is 19.6. The lowest BCUT2D eigenvalue weighted by Gasteiger charge is -2.39. The molecule has 0 bridgehead atoms. The lowest BCUT2D eigenvalue weighted by Crippen LogP contribution is -2.67. The zero-order chi connectivity index (χ0) is 41.8. The van der Waals surface area contributed by atoms with Gasteiger partial charge >= 0.3 is 6.18 Å². The van der Waals surface area contributed by atoms with Crippen molar-refractivity contribution in [3.63, 3.8) is 0 Å². The van der Waals surface area contributed by atoms with Gasteiger partial charge in [0.15, 0.2) is 0 Å². The first-order valence-electron chi connectivity index (χ1n) is 19.6. The molecular weight excluding hydrogens is 753 g/mol. The molecule has 3 aromatic carbocycles. The number of halogens is 4. The molecule has 2 aromatic heterocycles. The van der Waals surface area contributed by atoms with Crippen LogP contribution in [-0.4, -0.2) is 51.2 Å². The third kappa shape index (κ3) is 9.00. The predicted molar refractivity (Wildman–Crippen MR) is 213 cm³/mol. The number of aromatic amines is 1. The van der Waals surface area contributed by atoms with Crippen molar-refractivity contribution in [3.05, 3.63) is 113 Å². The van der Waals surface area contributed by atoms with Crippen LogP contribution in [0.1, 0.15) is 74.9 Å². The summed E-state index contributed by atoms with van der Waals surface area (Å²) in [5, 5.41) is 12.7. The largest absolute Gasteiger partial charge is 0.418 e. The minimum atomic E-state index is -4.65. The number of aromatic nitrogens is 2. The second-order valence-electron chi connectivity index (χ2n) is 15.3. The van der Waals surface area contributed by atoms with Crippen molar-refractivity contribution >= 4 is 45.4 Å². The summed E-state index contributed by atoms with van der Waals surface area (Å²) < 4.78 is 56.8. The second kappa shape index (κ2) is 17.4. The van der Waals surface area contributed by atoms with Crippen LogP contribution in [0, 0.1) is 17.7 Å². The molecule has 0 fully saturated rings. The van der Waals surface area contributed by atoms with Gasteiger partial charge in [-0.3, -0.25) is 24.2 Å². The molecule has 0 saturated heterocycles. The van der Waals surface area contributed by atoms with Gasteiger partial charge in [-0.05, 0) is 65.6 Å². The highest BCUT2D eigenvalue weighted by atomic mass is 19.4. The van der Waals surface area contributed by atoms with Crippen molar-refractivity contribution in [1.29, 1.82) is 0 Å². The molecule has 0 aliphatic heterocycles. The number of alkyl halides is 3. The highest BCUT2D eigenvalue weighted by Crippen LogP contribution is 2.40. The molecule has 1 aliphatic carbocycles. The zero-order valence-corrected chi connectivity index (χ0v) is 32.9. The summed E-state index contributed by atoms with van der Waals surface area (Å²) >= 11 is 0. The molecule has 2 unspecified atom stereocenters. The Bertz CT molecular complexity index is 2330. The highest BCUT2D eigenvalue weighted by Gasteiger charge is 2.47. The number of fused-ring (bicyclic) bond motifs is 4. The van der Waals surface area contributed by atoms with Crippen molar-refractivity contribution in [2.45, 2.75) is 96.6 Å². The summed E-state index contributed by atoms with van der Waals surface area (Å²) in [6.07, 6.45) is -2.47. The standard InChI is InChI=1S/C44H48F4N6O4/c1-5-25(3)37(40(56)50-24-27-16-17-28-12-10-20-49-35(28)21-27)53-42(58)43(19-18-34-31(23-43)30-13-9-14-32(39(30)51-34)44(46,47)48)54-41(57)38(26(4)6-2)52-36(55)22-29-11-7-8-15-33(29)45/h7-17,20-21,25-26,37-38,51H,5-6,18-19,22-24H2,1-4H3,(H,50,56)(H,52,55)(H,53,58)(H,54,57)/t25?,26?,37-,38-,43+/m0/s1. The number of benzene rings is 3. The number of amides is 4. The molecule has 1 aliphatic rings. The molecule has 306 valence electrons. The average molecular weight is 801 g/mol. The normalized spacial score (nSPS) is 17.4. The van der Waals surface area contributed by atoms with E-state index in [1.165, 1.54) is 24.3 Å². The molecular formula is C44H48F4N6O4. The molecule has 58 heavy (non-hydrogen) atoms. The van der Waals surface area contributed by atoms with E-state index in [0.29, 0.717) is 24.1 Å². The Morgan fingerprint density at radius 2 is 1.60 bits per heavy atom. The van der Waals surface area contributed by atoms with Gasteiger partial charge in [0.1, 0.15) is 23.4 Å². The Kier molecular flexibility index (Phi) is 12.5. The summed E-state index contributed by atoms with van der Waals surface area (Å²) in [6.45, 7) is 7.43. The van der Waals surface area contributed by atoms with Crippen LogP contribution in [-0.2, 0) is 51.2 Å². The summed E-state index contributed by atoms with van der Waals surface area (Å²) in [6, 6.07) is 16.8. The van der Waals surface area contributed by atoms with E-state index in [1.54, 1.807) is 25.3 Å². The number of rotatable bonds is 14. The predicted octanol–water partition coefficient (Wildman–Crippen LogP) is 6.84. The molecule has 5 atom stereocenters. The second-order valence-corrected chi connectivity index (χ2v) is 15.3. The third-order valence-electron chi connectivity index (χ3n) is 11.5. The SMILES string of the molecule is CCC(C)[C@H](NC(=O)Cc1ccccc1F)C(=O)N[C@]1(C(=O)N[C@H](C(=O)NCc2ccc3cccnc3c2)C(C)CC)CCc2[nH]c3c(C(F)(F)F)cccc3c2C1. The van der Waals surface area contributed by atoms with Gasteiger partial charge in [-0.1, -0.05) is 89.1 Å². The van der Waals surface area contributed by atoms with E-state index < -0.39 is 64.7 Å². The summed E-state index contributed by atoms with van der Waals surface area (Å²) in [5.41, 5.74) is -0.0982. The quantitative estimate of drug-likeness (QED) is 0.0782. The van der Waals surface area contributed by atoms with Crippen LogP contribution in [0.2, 0.25) is 0 Å². The van der Waals surface area contributed by atoms with Gasteiger partial charge in [0, 0.05) is 35.6 Å². The van der Waals surface area contributed by atoms with Crippen LogP contribution >= 0.6 is 0 Å². The van der Waals surface area contributed by atoms with Crippen molar-refractivity contribution in [2.24, 2.45) is 11.8 Å². The number of carbonyl (C=O) groups excluding carboxylic acids is 4. The average Bonchev–Trinajstić information content (AvgIpc) is 3.58. The Balaban J connectivity index is 1.31. The zero-order valence-electron chi connectivity index (χ0n) is 32.9. The third-order valence-corrected chi connectivity index (χ3v) is 11.5. The van der Waals surface area contributed by atoms with Crippen LogP contribution in [0.25, 0.3) is 21.8 Å². The van der Waals surface area contributed by atoms with E-state index in [9.17, 15) is 36.7 Å². The van der Waals surface area contributed by atoms with Crippen LogP contribution in [0.5, 0.6) is 0 Å². The molecule has 5 N–H and O–H groups in total. The highest BCUT2D eigenvalue weighted by molar-refractivity contribution is 5.99. The van der Waals surface area contributed by atoms with Crippen LogP contribution in [0.4, 0.5) is 17.6 Å². The maximum atomic E-state index is 14.8. The van der Waals surface area contributed by atoms with Crippen LogP contribution < -0.4 is 21.3 Å². The minimum absolute atomic E-state index is 0.0267. The number of nitrogens with one attached hydrogen (secondary N) is 5. The number of H-pyrrole nitrogens is 1. The molecule has 0 saturated carbocycles. The molecule has 14 heteroatoms. The molecule has 0 spiro atoms. The van der Waals surface area contributed by atoms with Gasteiger partial charge in [0.05, 0.1) is 23.0 Å². The molecule has 0 radical (unpaired) electrons. The molecule has 4 amide bonds. The van der Waals surface area contributed by atoms with Gasteiger partial charge in [-0.25, -0.2) is 4.39 Å². The maximum absolute atomic E-state index is 14.8. The van der Waals surface area contributed by atoms with E-state index >= 15 is 0 Å². The topological polar surface area (TPSA) is 145 Å². The van der Waals surface area contributed by atoms with E-state index in [2.05, 4.69) is 31.2 Å². The summed E-state index contributed by atoms with van der Waals surface area (Å²) in [5.74, 6) is -3.82. The smallest absolute Gasteiger partial charge is 0.358 e. The Labute approximate surface area is 334 Å².